The second-order valence-electron chi connectivity index (χ2n) is 8.19. The topological polar surface area (TPSA) is 116 Å². The van der Waals surface area contributed by atoms with Gasteiger partial charge in [0.25, 0.3) is 5.91 Å². The van der Waals surface area contributed by atoms with Gasteiger partial charge in [-0.05, 0) is 53.8 Å². The van der Waals surface area contributed by atoms with E-state index in [1.54, 1.807) is 26.0 Å². The number of rotatable bonds is 6. The summed E-state index contributed by atoms with van der Waals surface area (Å²) in [5, 5.41) is 19.3. The van der Waals surface area contributed by atoms with Crippen molar-refractivity contribution in [3.63, 3.8) is 0 Å². The van der Waals surface area contributed by atoms with Gasteiger partial charge in [0, 0.05) is 6.54 Å². The van der Waals surface area contributed by atoms with Crippen LogP contribution in [0.3, 0.4) is 0 Å². The SMILES string of the molecule is CC1(C)C[C@@H](O)CN(S(=O)(=O)c2ccc(OCc3ccc(F)cc3)cc2)C1C(=O)NO. The Morgan fingerprint density at radius 3 is 2.39 bits per heavy atom. The van der Waals surface area contributed by atoms with E-state index in [0.29, 0.717) is 5.75 Å². The molecule has 31 heavy (non-hydrogen) atoms. The molecule has 2 aromatic carbocycles. The molecule has 1 unspecified atom stereocenters. The van der Waals surface area contributed by atoms with Crippen LogP contribution in [0.5, 0.6) is 5.75 Å². The Morgan fingerprint density at radius 2 is 1.81 bits per heavy atom. The minimum atomic E-state index is -4.15. The number of hydrogen-bond donors (Lipinski definition) is 3. The Morgan fingerprint density at radius 1 is 1.19 bits per heavy atom. The van der Waals surface area contributed by atoms with Crippen LogP contribution in [0.4, 0.5) is 4.39 Å². The third kappa shape index (κ3) is 5.04. The third-order valence-corrected chi connectivity index (χ3v) is 7.13. The maximum atomic E-state index is 13.3. The number of nitrogens with one attached hydrogen (secondary N) is 1. The fourth-order valence-corrected chi connectivity index (χ4v) is 5.64. The van der Waals surface area contributed by atoms with Gasteiger partial charge in [0.15, 0.2) is 0 Å². The van der Waals surface area contributed by atoms with Crippen LogP contribution in [0, 0.1) is 11.2 Å². The molecule has 10 heteroatoms. The number of benzene rings is 2. The maximum Gasteiger partial charge on any atom is 0.262 e. The van der Waals surface area contributed by atoms with Crippen molar-refractivity contribution in [3.05, 3.63) is 59.9 Å². The summed E-state index contributed by atoms with van der Waals surface area (Å²) in [6.07, 6.45) is -0.751. The molecule has 0 radical (unpaired) electrons. The summed E-state index contributed by atoms with van der Waals surface area (Å²) >= 11 is 0. The molecule has 0 spiro atoms. The van der Waals surface area contributed by atoms with Crippen molar-refractivity contribution in [2.75, 3.05) is 6.54 Å². The van der Waals surface area contributed by atoms with Gasteiger partial charge in [0.05, 0.1) is 11.0 Å². The molecular weight excluding hydrogens is 427 g/mol. The number of carbonyl (C=O) groups excluding carboxylic acids is 1. The minimum Gasteiger partial charge on any atom is -0.489 e. The fourth-order valence-electron chi connectivity index (χ4n) is 3.86. The molecule has 1 aliphatic rings. The normalized spacial score (nSPS) is 21.5. The largest absolute Gasteiger partial charge is 0.489 e. The second kappa shape index (κ2) is 8.91. The van der Waals surface area contributed by atoms with E-state index >= 15 is 0 Å². The van der Waals surface area contributed by atoms with Gasteiger partial charge >= 0.3 is 0 Å². The van der Waals surface area contributed by atoms with Gasteiger partial charge in [-0.1, -0.05) is 26.0 Å². The molecule has 1 amide bonds. The molecule has 0 bridgehead atoms. The fraction of sp³-hybridized carbons (Fsp3) is 0.381. The Bertz CT molecular complexity index is 1020. The van der Waals surface area contributed by atoms with Crippen molar-refractivity contribution >= 4 is 15.9 Å². The first kappa shape index (κ1) is 23.1. The van der Waals surface area contributed by atoms with Crippen LogP contribution < -0.4 is 10.2 Å². The van der Waals surface area contributed by atoms with Crippen LogP contribution >= 0.6 is 0 Å². The number of β-amino-alcohol motifs (C(OH)–C–C–N with tert-alkyl or cyclic N) is 1. The molecule has 1 fully saturated rings. The number of carbonyl (C=O) groups is 1. The molecule has 168 valence electrons. The van der Waals surface area contributed by atoms with Crippen molar-refractivity contribution in [1.82, 2.24) is 9.79 Å². The highest BCUT2D eigenvalue weighted by Crippen LogP contribution is 2.38. The molecule has 2 atom stereocenters. The zero-order chi connectivity index (χ0) is 22.8. The number of amides is 1. The molecule has 0 saturated carbocycles. The van der Waals surface area contributed by atoms with Gasteiger partial charge in [-0.3, -0.25) is 10.0 Å². The number of sulfonamides is 1. The van der Waals surface area contributed by atoms with Gasteiger partial charge in [-0.15, -0.1) is 0 Å². The maximum absolute atomic E-state index is 13.3. The van der Waals surface area contributed by atoms with E-state index in [1.807, 2.05) is 0 Å². The second-order valence-corrected chi connectivity index (χ2v) is 10.1. The molecule has 3 N–H and O–H groups in total. The Labute approximate surface area is 180 Å². The van der Waals surface area contributed by atoms with Crippen molar-refractivity contribution < 1.29 is 32.7 Å². The van der Waals surface area contributed by atoms with Crippen LogP contribution in [0.25, 0.3) is 0 Å². The number of aliphatic hydroxyl groups excluding tert-OH is 1. The first-order valence-corrected chi connectivity index (χ1v) is 11.1. The molecular formula is C21H25FN2O6S. The summed E-state index contributed by atoms with van der Waals surface area (Å²) in [7, 11) is -4.15. The van der Waals surface area contributed by atoms with Gasteiger partial charge < -0.3 is 9.84 Å². The van der Waals surface area contributed by atoms with Gasteiger partial charge in [0.1, 0.15) is 24.2 Å². The lowest BCUT2D eigenvalue weighted by molar-refractivity contribution is -0.140. The summed E-state index contributed by atoms with van der Waals surface area (Å²) in [5.41, 5.74) is 1.38. The smallest absolute Gasteiger partial charge is 0.262 e. The number of aliphatic hydroxyl groups is 1. The average molecular weight is 453 g/mol. The zero-order valence-corrected chi connectivity index (χ0v) is 18.0. The molecule has 8 nitrogen and oxygen atoms in total. The van der Waals surface area contributed by atoms with Crippen LogP contribution in [-0.4, -0.2) is 47.6 Å². The first-order chi connectivity index (χ1) is 14.5. The van der Waals surface area contributed by atoms with Gasteiger partial charge in [0.2, 0.25) is 10.0 Å². The van der Waals surface area contributed by atoms with Crippen LogP contribution in [0.15, 0.2) is 53.4 Å². The molecule has 2 aromatic rings. The van der Waals surface area contributed by atoms with E-state index in [1.165, 1.54) is 41.9 Å². The molecule has 1 saturated heterocycles. The molecule has 1 heterocycles. The van der Waals surface area contributed by atoms with E-state index in [9.17, 15) is 22.7 Å². The average Bonchev–Trinajstić information content (AvgIpc) is 2.72. The van der Waals surface area contributed by atoms with Gasteiger partial charge in [-0.25, -0.2) is 18.3 Å². The van der Waals surface area contributed by atoms with Crippen molar-refractivity contribution in [3.8, 4) is 5.75 Å². The lowest BCUT2D eigenvalue weighted by Crippen LogP contribution is -2.62. The molecule has 1 aliphatic heterocycles. The number of ether oxygens (including phenoxy) is 1. The Hall–Kier alpha value is -2.53. The number of nitrogens with zero attached hydrogens (tertiary/aromatic N) is 1. The zero-order valence-electron chi connectivity index (χ0n) is 17.2. The first-order valence-electron chi connectivity index (χ1n) is 9.66. The van der Waals surface area contributed by atoms with E-state index in [4.69, 9.17) is 9.94 Å². The summed E-state index contributed by atoms with van der Waals surface area (Å²) in [6.45, 7) is 3.22. The summed E-state index contributed by atoms with van der Waals surface area (Å²) < 4.78 is 46.0. The molecule has 0 aromatic heterocycles. The predicted molar refractivity (Wildman–Crippen MR) is 109 cm³/mol. The third-order valence-electron chi connectivity index (χ3n) is 5.29. The van der Waals surface area contributed by atoms with Crippen LogP contribution in [0.1, 0.15) is 25.8 Å². The van der Waals surface area contributed by atoms with Crippen molar-refractivity contribution in [2.24, 2.45) is 5.41 Å². The van der Waals surface area contributed by atoms with Crippen molar-refractivity contribution in [2.45, 2.75) is 43.9 Å². The highest BCUT2D eigenvalue weighted by Gasteiger charge is 2.50. The van der Waals surface area contributed by atoms with E-state index in [-0.39, 0.29) is 30.3 Å². The quantitative estimate of drug-likeness (QED) is 0.456. The summed E-state index contributed by atoms with van der Waals surface area (Å²) in [4.78, 5) is 12.2. The Balaban J connectivity index is 1.81. The lowest BCUT2D eigenvalue weighted by Gasteiger charge is -2.45. The number of hydroxylamine groups is 1. The number of piperidine rings is 1. The lowest BCUT2D eigenvalue weighted by atomic mass is 9.76. The standard InChI is InChI=1S/C21H25FN2O6S/c1-21(2)11-16(25)12-24(19(21)20(26)23-27)31(28,29)18-9-7-17(8-10-18)30-13-14-3-5-15(22)6-4-14/h3-10,16,19,25,27H,11-13H2,1-2H3,(H,23,26)/t16-,19?/m1/s1. The summed E-state index contributed by atoms with van der Waals surface area (Å²) in [5.74, 6) is -0.802. The molecule has 3 rings (SSSR count). The van der Waals surface area contributed by atoms with Crippen LogP contribution in [0.2, 0.25) is 0 Å². The number of hydrogen-bond acceptors (Lipinski definition) is 6. The highest BCUT2D eigenvalue weighted by atomic mass is 32.2. The highest BCUT2D eigenvalue weighted by molar-refractivity contribution is 7.89. The van der Waals surface area contributed by atoms with Crippen LogP contribution in [-0.2, 0) is 21.4 Å². The molecule has 0 aliphatic carbocycles. The minimum absolute atomic E-state index is 0.0812. The monoisotopic (exact) mass is 452 g/mol. The number of halogens is 1. The van der Waals surface area contributed by atoms with Gasteiger partial charge in [-0.2, -0.15) is 4.31 Å². The van der Waals surface area contributed by atoms with E-state index in [0.717, 1.165) is 9.87 Å². The Kier molecular flexibility index (Phi) is 6.65. The van der Waals surface area contributed by atoms with E-state index in [2.05, 4.69) is 0 Å². The van der Waals surface area contributed by atoms with Crippen molar-refractivity contribution in [1.29, 1.82) is 0 Å². The predicted octanol–water partition coefficient (Wildman–Crippen LogP) is 2.06. The summed E-state index contributed by atoms with van der Waals surface area (Å²) in [6, 6.07) is 10.3. The van der Waals surface area contributed by atoms with E-state index < -0.39 is 33.5 Å².